The lowest BCUT2D eigenvalue weighted by Crippen LogP contribution is -2.04. The molecule has 0 bridgehead atoms. The zero-order chi connectivity index (χ0) is 20.4. The van der Waals surface area contributed by atoms with Crippen LogP contribution in [0.25, 0.3) is 21.9 Å². The summed E-state index contributed by atoms with van der Waals surface area (Å²) in [5, 5.41) is 1.97. The number of hydrogen-bond acceptors (Lipinski definition) is 3. The molecule has 0 saturated heterocycles. The fourth-order valence-electron chi connectivity index (χ4n) is 3.39. The van der Waals surface area contributed by atoms with Gasteiger partial charge in [-0.1, -0.05) is 66.2 Å². The van der Waals surface area contributed by atoms with Crippen molar-refractivity contribution in [2.75, 3.05) is 0 Å². The average molecular weight is 400 g/mol. The number of fused-ring (bicyclic) bond motifs is 1. The molecule has 0 aliphatic carbocycles. The molecule has 4 aromatic carbocycles. The molecule has 0 fully saturated rings. The van der Waals surface area contributed by atoms with Gasteiger partial charge in [0.2, 0.25) is 0 Å². The third-order valence-corrected chi connectivity index (χ3v) is 6.19. The number of carbonyl (C=O) groups is 1. The normalized spacial score (nSPS) is 11.9. The lowest BCUT2D eigenvalue weighted by molar-refractivity contribution is -0.131. The van der Waals surface area contributed by atoms with Gasteiger partial charge in [0.15, 0.2) is 0 Å². The van der Waals surface area contributed by atoms with E-state index in [2.05, 4.69) is 0 Å². The maximum absolute atomic E-state index is 13.4. The second kappa shape index (κ2) is 8.02. The maximum Gasteiger partial charge on any atom is 0.308 e. The predicted molar refractivity (Wildman–Crippen MR) is 117 cm³/mol. The topological polar surface area (TPSA) is 43.4 Å². The molecular weight excluding hydrogens is 380 g/mol. The standard InChI is InChI=1S/C25H20O3S/c1-17-11-14-20(15-12-17)29(27)24-10-6-5-9-22(24)25-21-8-4-3-7-19(21)13-16-23(25)28-18(2)26/h3-16H,1-2H3/t29-/m0/s1. The van der Waals surface area contributed by atoms with Crippen molar-refractivity contribution in [1.29, 1.82) is 0 Å². The van der Waals surface area contributed by atoms with E-state index in [1.54, 1.807) is 6.07 Å². The predicted octanol–water partition coefficient (Wildman–Crippen LogP) is 5.91. The second-order valence-corrected chi connectivity index (χ2v) is 8.28. The van der Waals surface area contributed by atoms with E-state index < -0.39 is 16.8 Å². The van der Waals surface area contributed by atoms with Gasteiger partial charge in [0.25, 0.3) is 0 Å². The molecule has 0 saturated carbocycles. The number of esters is 1. The molecule has 29 heavy (non-hydrogen) atoms. The lowest BCUT2D eigenvalue weighted by Gasteiger charge is -2.16. The van der Waals surface area contributed by atoms with Crippen molar-refractivity contribution in [3.8, 4) is 16.9 Å². The minimum atomic E-state index is -1.37. The summed E-state index contributed by atoms with van der Waals surface area (Å²) in [6.45, 7) is 3.39. The molecular formula is C25H20O3S. The van der Waals surface area contributed by atoms with Crippen LogP contribution in [0.1, 0.15) is 12.5 Å². The Kier molecular flexibility index (Phi) is 5.28. The van der Waals surface area contributed by atoms with Crippen LogP contribution in [0.15, 0.2) is 94.7 Å². The Morgan fingerprint density at radius 1 is 0.828 bits per heavy atom. The average Bonchev–Trinajstić information content (AvgIpc) is 2.73. The minimum Gasteiger partial charge on any atom is -0.426 e. The largest absolute Gasteiger partial charge is 0.426 e. The van der Waals surface area contributed by atoms with Crippen LogP contribution < -0.4 is 4.74 Å². The van der Waals surface area contributed by atoms with Gasteiger partial charge in [0.05, 0.1) is 15.7 Å². The van der Waals surface area contributed by atoms with Gasteiger partial charge >= 0.3 is 5.97 Å². The highest BCUT2D eigenvalue weighted by Gasteiger charge is 2.19. The number of benzene rings is 4. The summed E-state index contributed by atoms with van der Waals surface area (Å²) < 4.78 is 19.0. The lowest BCUT2D eigenvalue weighted by atomic mass is 9.97. The van der Waals surface area contributed by atoms with E-state index in [0.717, 1.165) is 32.4 Å². The Bertz CT molecular complexity index is 1230. The monoisotopic (exact) mass is 400 g/mol. The first-order valence-electron chi connectivity index (χ1n) is 9.32. The summed E-state index contributed by atoms with van der Waals surface area (Å²) >= 11 is 0. The van der Waals surface area contributed by atoms with Crippen molar-refractivity contribution in [3.63, 3.8) is 0 Å². The van der Waals surface area contributed by atoms with Crippen LogP contribution in [0.2, 0.25) is 0 Å². The molecule has 0 amide bonds. The highest BCUT2D eigenvalue weighted by molar-refractivity contribution is 7.85. The molecule has 144 valence electrons. The molecule has 4 aromatic rings. The molecule has 0 aliphatic rings. The van der Waals surface area contributed by atoms with Crippen LogP contribution in [0.5, 0.6) is 5.75 Å². The van der Waals surface area contributed by atoms with Crippen molar-refractivity contribution in [2.24, 2.45) is 0 Å². The van der Waals surface area contributed by atoms with Gasteiger partial charge in [0.1, 0.15) is 5.75 Å². The van der Waals surface area contributed by atoms with Gasteiger partial charge in [-0.2, -0.15) is 0 Å². The first-order chi connectivity index (χ1) is 14.0. The van der Waals surface area contributed by atoms with Crippen LogP contribution in [-0.2, 0) is 15.6 Å². The SMILES string of the molecule is CC(=O)Oc1ccc2ccccc2c1-c1ccccc1[S@@](=O)c1ccc(C)cc1. The molecule has 0 heterocycles. The molecule has 1 atom stereocenters. The number of rotatable bonds is 4. The summed E-state index contributed by atoms with van der Waals surface area (Å²) in [4.78, 5) is 13.1. The van der Waals surface area contributed by atoms with E-state index in [9.17, 15) is 9.00 Å². The van der Waals surface area contributed by atoms with Gasteiger partial charge in [-0.05, 0) is 42.0 Å². The number of ether oxygens (including phenoxy) is 1. The van der Waals surface area contributed by atoms with Crippen LogP contribution in [0.3, 0.4) is 0 Å². The number of carbonyl (C=O) groups excluding carboxylic acids is 1. The van der Waals surface area contributed by atoms with Crippen LogP contribution in [-0.4, -0.2) is 10.2 Å². The highest BCUT2D eigenvalue weighted by atomic mass is 32.2. The molecule has 3 nitrogen and oxygen atoms in total. The number of hydrogen-bond donors (Lipinski definition) is 0. The molecule has 0 aromatic heterocycles. The second-order valence-electron chi connectivity index (χ2n) is 6.83. The van der Waals surface area contributed by atoms with Crippen LogP contribution >= 0.6 is 0 Å². The molecule has 0 unspecified atom stereocenters. The molecule has 4 rings (SSSR count). The van der Waals surface area contributed by atoms with Crippen molar-refractivity contribution < 1.29 is 13.7 Å². The zero-order valence-electron chi connectivity index (χ0n) is 16.2. The third-order valence-electron chi connectivity index (χ3n) is 4.74. The van der Waals surface area contributed by atoms with E-state index in [0.29, 0.717) is 10.6 Å². The smallest absolute Gasteiger partial charge is 0.308 e. The Balaban J connectivity index is 1.96. The van der Waals surface area contributed by atoms with E-state index in [-0.39, 0.29) is 0 Å². The Hall–Kier alpha value is -3.24. The van der Waals surface area contributed by atoms with Crippen molar-refractivity contribution in [2.45, 2.75) is 23.6 Å². The van der Waals surface area contributed by atoms with Gasteiger partial charge in [-0.3, -0.25) is 4.79 Å². The third kappa shape index (κ3) is 3.84. The van der Waals surface area contributed by atoms with Gasteiger partial charge in [-0.25, -0.2) is 4.21 Å². The summed E-state index contributed by atoms with van der Waals surface area (Å²) in [5.74, 6) is 0.0724. The van der Waals surface area contributed by atoms with Crippen molar-refractivity contribution >= 4 is 27.5 Å². The van der Waals surface area contributed by atoms with E-state index in [4.69, 9.17) is 4.74 Å². The van der Waals surface area contributed by atoms with E-state index in [1.165, 1.54) is 6.92 Å². The summed E-state index contributed by atoms with van der Waals surface area (Å²) in [5.41, 5.74) is 2.68. The fourth-order valence-corrected chi connectivity index (χ4v) is 4.60. The van der Waals surface area contributed by atoms with Crippen molar-refractivity contribution in [1.82, 2.24) is 0 Å². The minimum absolute atomic E-state index is 0.390. The number of aryl methyl sites for hydroxylation is 1. The Labute approximate surface area is 172 Å². The molecule has 0 spiro atoms. The molecule has 0 aliphatic heterocycles. The summed E-state index contributed by atoms with van der Waals surface area (Å²) in [6.07, 6.45) is 0. The molecule has 4 heteroatoms. The van der Waals surface area contributed by atoms with Crippen LogP contribution in [0.4, 0.5) is 0 Å². The zero-order valence-corrected chi connectivity index (χ0v) is 17.0. The first-order valence-corrected chi connectivity index (χ1v) is 10.5. The highest BCUT2D eigenvalue weighted by Crippen LogP contribution is 2.40. The van der Waals surface area contributed by atoms with Crippen LogP contribution in [0, 0.1) is 6.92 Å². The van der Waals surface area contributed by atoms with Gasteiger partial charge in [0, 0.05) is 22.9 Å². The van der Waals surface area contributed by atoms with E-state index >= 15 is 0 Å². The maximum atomic E-state index is 13.4. The Morgan fingerprint density at radius 3 is 2.28 bits per heavy atom. The first kappa shape index (κ1) is 19.1. The molecule has 0 N–H and O–H groups in total. The fraction of sp³-hybridized carbons (Fsp3) is 0.0800. The van der Waals surface area contributed by atoms with Crippen molar-refractivity contribution in [3.05, 3.63) is 90.5 Å². The van der Waals surface area contributed by atoms with Gasteiger partial charge in [-0.15, -0.1) is 0 Å². The summed E-state index contributed by atoms with van der Waals surface area (Å²) in [6, 6.07) is 26.9. The quantitative estimate of drug-likeness (QED) is 0.316. The van der Waals surface area contributed by atoms with Gasteiger partial charge < -0.3 is 4.74 Å². The summed E-state index contributed by atoms with van der Waals surface area (Å²) in [7, 11) is -1.37. The Morgan fingerprint density at radius 2 is 1.52 bits per heavy atom. The molecule has 0 radical (unpaired) electrons. The van der Waals surface area contributed by atoms with E-state index in [1.807, 2.05) is 85.8 Å².